The number of amides is 1. The van der Waals surface area contributed by atoms with Gasteiger partial charge in [-0.2, -0.15) is 0 Å². The second-order valence-electron chi connectivity index (χ2n) is 5.77. The third-order valence-electron chi connectivity index (χ3n) is 4.21. The molecule has 1 aliphatic rings. The van der Waals surface area contributed by atoms with Gasteiger partial charge < -0.3 is 4.90 Å². The second-order valence-corrected chi connectivity index (χ2v) is 6.21. The van der Waals surface area contributed by atoms with Crippen LogP contribution in [0.1, 0.15) is 26.2 Å². The number of piperidine rings is 1. The Morgan fingerprint density at radius 2 is 2.23 bits per heavy atom. The Hall–Kier alpha value is -1.88. The highest BCUT2D eigenvalue weighted by Crippen LogP contribution is 2.17. The topological polar surface area (TPSA) is 55.2 Å². The molecule has 0 radical (unpaired) electrons. The Bertz CT molecular complexity index is 772. The Kier molecular flexibility index (Phi) is 4.16. The number of carbonyl (C=O) groups excluding carboxylic acids is 1. The Balaban J connectivity index is 1.89. The molecule has 6 heteroatoms. The van der Waals surface area contributed by atoms with Crippen LogP contribution in [0.25, 0.3) is 10.9 Å². The molecule has 1 aliphatic heterocycles. The van der Waals surface area contributed by atoms with E-state index in [1.54, 1.807) is 18.2 Å². The van der Waals surface area contributed by atoms with E-state index >= 15 is 0 Å². The van der Waals surface area contributed by atoms with Crippen molar-refractivity contribution in [2.75, 3.05) is 6.54 Å². The lowest BCUT2D eigenvalue weighted by molar-refractivity contribution is -0.135. The molecule has 1 amide bonds. The van der Waals surface area contributed by atoms with E-state index in [4.69, 9.17) is 11.6 Å². The fourth-order valence-electron chi connectivity index (χ4n) is 2.95. The van der Waals surface area contributed by atoms with E-state index in [0.29, 0.717) is 15.9 Å². The molecule has 0 bridgehead atoms. The molecule has 116 valence electrons. The van der Waals surface area contributed by atoms with Crippen molar-refractivity contribution in [2.24, 2.45) is 0 Å². The lowest BCUT2D eigenvalue weighted by atomic mass is 10.0. The number of aromatic nitrogens is 2. The molecular weight excluding hydrogens is 302 g/mol. The molecule has 2 heterocycles. The molecule has 2 aromatic rings. The first-order valence-electron chi connectivity index (χ1n) is 7.50. The minimum absolute atomic E-state index is 0.0264. The highest BCUT2D eigenvalue weighted by atomic mass is 35.5. The summed E-state index contributed by atoms with van der Waals surface area (Å²) >= 11 is 5.94. The van der Waals surface area contributed by atoms with Gasteiger partial charge in [0, 0.05) is 17.6 Å². The van der Waals surface area contributed by atoms with Gasteiger partial charge in [0.25, 0.3) is 5.56 Å². The first kappa shape index (κ1) is 15.0. The molecule has 0 spiro atoms. The molecule has 22 heavy (non-hydrogen) atoms. The summed E-state index contributed by atoms with van der Waals surface area (Å²) in [5.41, 5.74) is 0.356. The molecule has 1 fully saturated rings. The molecule has 1 aromatic heterocycles. The van der Waals surface area contributed by atoms with Gasteiger partial charge >= 0.3 is 0 Å². The fourth-order valence-corrected chi connectivity index (χ4v) is 3.12. The lowest BCUT2D eigenvalue weighted by Gasteiger charge is -2.33. The molecule has 0 N–H and O–H groups in total. The summed E-state index contributed by atoms with van der Waals surface area (Å²) in [6, 6.07) is 5.23. The summed E-state index contributed by atoms with van der Waals surface area (Å²) in [6.07, 6.45) is 4.63. The Morgan fingerprint density at radius 3 is 3.00 bits per heavy atom. The van der Waals surface area contributed by atoms with Crippen molar-refractivity contribution in [1.82, 2.24) is 14.5 Å². The van der Waals surface area contributed by atoms with Crippen LogP contribution in [-0.4, -0.2) is 32.9 Å². The molecule has 3 rings (SSSR count). The van der Waals surface area contributed by atoms with Crippen molar-refractivity contribution in [3.05, 3.63) is 39.9 Å². The molecule has 0 aliphatic carbocycles. The number of hydrogen-bond acceptors (Lipinski definition) is 3. The van der Waals surface area contributed by atoms with Crippen molar-refractivity contribution in [2.45, 2.75) is 38.8 Å². The number of nitrogens with zero attached hydrogens (tertiary/aromatic N) is 3. The van der Waals surface area contributed by atoms with E-state index in [2.05, 4.69) is 11.9 Å². The minimum atomic E-state index is -0.231. The van der Waals surface area contributed by atoms with Crippen LogP contribution in [0.2, 0.25) is 5.02 Å². The maximum atomic E-state index is 12.5. The fraction of sp³-hybridized carbons (Fsp3) is 0.438. The van der Waals surface area contributed by atoms with Crippen molar-refractivity contribution in [1.29, 1.82) is 0 Å². The SMILES string of the molecule is CC1CCCCN1C(=O)Cn1cnc2ccc(Cl)cc2c1=O. The zero-order valence-electron chi connectivity index (χ0n) is 12.5. The number of likely N-dealkylation sites (tertiary alicyclic amines) is 1. The first-order chi connectivity index (χ1) is 10.6. The van der Waals surface area contributed by atoms with E-state index < -0.39 is 0 Å². The highest BCUT2D eigenvalue weighted by Gasteiger charge is 2.23. The van der Waals surface area contributed by atoms with Crippen molar-refractivity contribution < 1.29 is 4.79 Å². The summed E-state index contributed by atoms with van der Waals surface area (Å²) in [5.74, 6) is -0.0301. The van der Waals surface area contributed by atoms with Gasteiger partial charge in [0.05, 0.1) is 17.2 Å². The molecule has 1 unspecified atom stereocenters. The quantitative estimate of drug-likeness (QED) is 0.854. The van der Waals surface area contributed by atoms with Crippen LogP contribution in [0.5, 0.6) is 0 Å². The van der Waals surface area contributed by atoms with Gasteiger partial charge in [-0.3, -0.25) is 14.2 Å². The van der Waals surface area contributed by atoms with Crippen molar-refractivity contribution >= 4 is 28.4 Å². The van der Waals surface area contributed by atoms with Gasteiger partial charge in [-0.15, -0.1) is 0 Å². The molecule has 1 aromatic carbocycles. The van der Waals surface area contributed by atoms with Crippen LogP contribution in [0.15, 0.2) is 29.3 Å². The summed E-state index contributed by atoms with van der Waals surface area (Å²) in [6.45, 7) is 2.85. The van der Waals surface area contributed by atoms with E-state index in [0.717, 1.165) is 25.8 Å². The monoisotopic (exact) mass is 319 g/mol. The van der Waals surface area contributed by atoms with E-state index in [1.165, 1.54) is 10.9 Å². The number of carbonyl (C=O) groups is 1. The summed E-state index contributed by atoms with van der Waals surface area (Å²) in [4.78, 5) is 31.0. The predicted molar refractivity (Wildman–Crippen MR) is 86.0 cm³/mol. The number of hydrogen-bond donors (Lipinski definition) is 0. The molecule has 1 saturated heterocycles. The smallest absolute Gasteiger partial charge is 0.261 e. The van der Waals surface area contributed by atoms with Gasteiger partial charge in [0.15, 0.2) is 0 Å². The Labute approximate surface area is 133 Å². The van der Waals surface area contributed by atoms with Gasteiger partial charge in [0.2, 0.25) is 5.91 Å². The zero-order chi connectivity index (χ0) is 15.7. The predicted octanol–water partition coefficient (Wildman–Crippen LogP) is 2.45. The van der Waals surface area contributed by atoms with Gasteiger partial charge in [-0.1, -0.05) is 11.6 Å². The Morgan fingerprint density at radius 1 is 1.41 bits per heavy atom. The van der Waals surface area contributed by atoms with Gasteiger partial charge in [0.1, 0.15) is 6.54 Å². The summed E-state index contributed by atoms with van der Waals surface area (Å²) in [5, 5.41) is 0.926. The second kappa shape index (κ2) is 6.08. The summed E-state index contributed by atoms with van der Waals surface area (Å²) < 4.78 is 1.36. The molecule has 5 nitrogen and oxygen atoms in total. The highest BCUT2D eigenvalue weighted by molar-refractivity contribution is 6.31. The van der Waals surface area contributed by atoms with Crippen LogP contribution in [0.3, 0.4) is 0 Å². The van der Waals surface area contributed by atoms with Crippen LogP contribution in [0.4, 0.5) is 0 Å². The van der Waals surface area contributed by atoms with Crippen LogP contribution < -0.4 is 5.56 Å². The third-order valence-corrected chi connectivity index (χ3v) is 4.45. The number of fused-ring (bicyclic) bond motifs is 1. The maximum absolute atomic E-state index is 12.5. The van der Waals surface area contributed by atoms with Gasteiger partial charge in [-0.25, -0.2) is 4.98 Å². The average molecular weight is 320 g/mol. The first-order valence-corrected chi connectivity index (χ1v) is 7.88. The van der Waals surface area contributed by atoms with Crippen LogP contribution in [0, 0.1) is 0 Å². The average Bonchev–Trinajstić information content (AvgIpc) is 2.51. The third kappa shape index (κ3) is 2.86. The van der Waals surface area contributed by atoms with Crippen molar-refractivity contribution in [3.63, 3.8) is 0 Å². The standard InChI is InChI=1S/C16H18ClN3O2/c1-11-4-2-3-7-20(11)15(21)9-19-10-18-14-6-5-12(17)8-13(14)16(19)22/h5-6,8,10-11H,2-4,7,9H2,1H3. The van der Waals surface area contributed by atoms with E-state index in [1.807, 2.05) is 4.90 Å². The van der Waals surface area contributed by atoms with Crippen LogP contribution >= 0.6 is 11.6 Å². The normalized spacial score (nSPS) is 18.6. The van der Waals surface area contributed by atoms with Gasteiger partial charge in [-0.05, 0) is 44.4 Å². The van der Waals surface area contributed by atoms with E-state index in [9.17, 15) is 9.59 Å². The lowest BCUT2D eigenvalue weighted by Crippen LogP contribution is -2.44. The minimum Gasteiger partial charge on any atom is -0.338 e. The number of benzene rings is 1. The number of halogens is 1. The number of rotatable bonds is 2. The molecular formula is C16H18ClN3O2. The van der Waals surface area contributed by atoms with Crippen molar-refractivity contribution in [3.8, 4) is 0 Å². The van der Waals surface area contributed by atoms with Crippen LogP contribution in [-0.2, 0) is 11.3 Å². The summed E-state index contributed by atoms with van der Waals surface area (Å²) in [7, 11) is 0. The largest absolute Gasteiger partial charge is 0.338 e. The van der Waals surface area contributed by atoms with E-state index in [-0.39, 0.29) is 24.1 Å². The molecule has 0 saturated carbocycles. The zero-order valence-corrected chi connectivity index (χ0v) is 13.2. The molecule has 1 atom stereocenters. The maximum Gasteiger partial charge on any atom is 0.261 e.